The predicted octanol–water partition coefficient (Wildman–Crippen LogP) is 1.25. The van der Waals surface area contributed by atoms with Gasteiger partial charge in [-0.15, -0.1) is 0 Å². The van der Waals surface area contributed by atoms with Crippen molar-refractivity contribution in [3.05, 3.63) is 18.1 Å². The van der Waals surface area contributed by atoms with Gasteiger partial charge < -0.3 is 10.2 Å². The molecule has 0 aliphatic carbocycles. The number of rotatable bonds is 4. The number of likely N-dealkylation sites (tertiary alicyclic amines) is 1. The molecule has 0 bridgehead atoms. The molecule has 0 unspecified atom stereocenters. The summed E-state index contributed by atoms with van der Waals surface area (Å²) in [6.07, 6.45) is 7.09. The van der Waals surface area contributed by atoms with Gasteiger partial charge in [-0.3, -0.25) is 0 Å². The Kier molecular flexibility index (Phi) is 4.28. The van der Waals surface area contributed by atoms with Crippen LogP contribution >= 0.6 is 0 Å². The number of nitriles is 1. The Hall–Kier alpha value is -1.67. The van der Waals surface area contributed by atoms with E-state index in [9.17, 15) is 0 Å². The Bertz CT molecular complexity index is 392. The van der Waals surface area contributed by atoms with Gasteiger partial charge in [-0.1, -0.05) is 6.42 Å². The molecular formula is C12H17N5. The molecule has 0 amide bonds. The summed E-state index contributed by atoms with van der Waals surface area (Å²) in [7, 11) is 0. The van der Waals surface area contributed by atoms with Crippen molar-refractivity contribution in [2.24, 2.45) is 0 Å². The zero-order valence-corrected chi connectivity index (χ0v) is 9.89. The van der Waals surface area contributed by atoms with Crippen molar-refractivity contribution >= 4 is 5.82 Å². The number of aromatic nitrogens is 2. The number of hydrogen-bond donors (Lipinski definition) is 1. The van der Waals surface area contributed by atoms with Gasteiger partial charge in [-0.2, -0.15) is 5.26 Å². The second-order valence-electron chi connectivity index (χ2n) is 4.19. The lowest BCUT2D eigenvalue weighted by Gasteiger charge is -2.26. The summed E-state index contributed by atoms with van der Waals surface area (Å²) >= 11 is 0. The summed E-state index contributed by atoms with van der Waals surface area (Å²) in [5, 5.41) is 12.0. The van der Waals surface area contributed by atoms with Crippen molar-refractivity contribution in [2.45, 2.75) is 19.3 Å². The van der Waals surface area contributed by atoms with E-state index in [1.54, 1.807) is 6.20 Å². The van der Waals surface area contributed by atoms with Crippen LogP contribution in [0.3, 0.4) is 0 Å². The molecule has 1 aliphatic rings. The standard InChI is InChI=1S/C12H17N5/c13-10-11-12(15-5-4-14-11)16-6-9-17-7-2-1-3-8-17/h4-5H,1-3,6-9H2,(H,15,16). The van der Waals surface area contributed by atoms with Crippen molar-refractivity contribution in [1.82, 2.24) is 14.9 Å². The second-order valence-corrected chi connectivity index (χ2v) is 4.19. The fraction of sp³-hybridized carbons (Fsp3) is 0.583. The number of anilines is 1. The quantitative estimate of drug-likeness (QED) is 0.844. The van der Waals surface area contributed by atoms with Crippen molar-refractivity contribution in [3.63, 3.8) is 0 Å². The van der Waals surface area contributed by atoms with E-state index in [4.69, 9.17) is 5.26 Å². The van der Waals surface area contributed by atoms with Crippen LogP contribution in [-0.2, 0) is 0 Å². The minimum atomic E-state index is 0.367. The molecule has 0 aromatic carbocycles. The van der Waals surface area contributed by atoms with Crippen molar-refractivity contribution in [1.29, 1.82) is 5.26 Å². The van der Waals surface area contributed by atoms with Gasteiger partial charge >= 0.3 is 0 Å². The van der Waals surface area contributed by atoms with Crippen LogP contribution in [0.5, 0.6) is 0 Å². The topological polar surface area (TPSA) is 64.8 Å². The van der Waals surface area contributed by atoms with Crippen LogP contribution in [0.25, 0.3) is 0 Å². The first-order valence-corrected chi connectivity index (χ1v) is 6.07. The molecule has 0 atom stereocenters. The molecule has 1 aromatic rings. The van der Waals surface area contributed by atoms with E-state index in [0.717, 1.165) is 13.1 Å². The van der Waals surface area contributed by atoms with E-state index in [2.05, 4.69) is 20.2 Å². The first kappa shape index (κ1) is 11.8. The van der Waals surface area contributed by atoms with Crippen LogP contribution in [-0.4, -0.2) is 41.0 Å². The van der Waals surface area contributed by atoms with Gasteiger partial charge in [-0.05, 0) is 25.9 Å². The van der Waals surface area contributed by atoms with Crippen molar-refractivity contribution < 1.29 is 0 Å². The maximum absolute atomic E-state index is 8.86. The van der Waals surface area contributed by atoms with Crippen LogP contribution in [0.1, 0.15) is 25.0 Å². The molecule has 2 rings (SSSR count). The number of piperidine rings is 1. The van der Waals surface area contributed by atoms with Crippen molar-refractivity contribution in [2.75, 3.05) is 31.5 Å². The molecule has 1 aromatic heterocycles. The first-order chi connectivity index (χ1) is 8.40. The van der Waals surface area contributed by atoms with Gasteiger partial charge in [0.2, 0.25) is 0 Å². The molecule has 1 fully saturated rings. The third-order valence-corrected chi connectivity index (χ3v) is 2.97. The average Bonchev–Trinajstić information content (AvgIpc) is 2.40. The number of nitrogens with zero attached hydrogens (tertiary/aromatic N) is 4. The third-order valence-electron chi connectivity index (χ3n) is 2.97. The fourth-order valence-electron chi connectivity index (χ4n) is 2.06. The smallest absolute Gasteiger partial charge is 0.182 e. The Morgan fingerprint density at radius 3 is 2.76 bits per heavy atom. The lowest BCUT2D eigenvalue weighted by Crippen LogP contribution is -2.33. The van der Waals surface area contributed by atoms with Gasteiger partial charge in [-0.25, -0.2) is 9.97 Å². The highest BCUT2D eigenvalue weighted by atomic mass is 15.1. The third kappa shape index (κ3) is 3.40. The van der Waals surface area contributed by atoms with Crippen LogP contribution in [0.4, 0.5) is 5.82 Å². The molecular weight excluding hydrogens is 214 g/mol. The maximum atomic E-state index is 8.86. The molecule has 17 heavy (non-hydrogen) atoms. The zero-order chi connectivity index (χ0) is 11.9. The summed E-state index contributed by atoms with van der Waals surface area (Å²) in [6.45, 7) is 4.19. The largest absolute Gasteiger partial charge is 0.366 e. The number of nitrogens with one attached hydrogen (secondary N) is 1. The zero-order valence-electron chi connectivity index (χ0n) is 9.89. The highest BCUT2D eigenvalue weighted by Crippen LogP contribution is 2.09. The molecule has 1 saturated heterocycles. The Morgan fingerprint density at radius 1 is 1.24 bits per heavy atom. The van der Waals surface area contributed by atoms with Crippen molar-refractivity contribution in [3.8, 4) is 6.07 Å². The molecule has 0 spiro atoms. The highest BCUT2D eigenvalue weighted by molar-refractivity contribution is 5.46. The Labute approximate surface area is 101 Å². The fourth-order valence-corrected chi connectivity index (χ4v) is 2.06. The Morgan fingerprint density at radius 2 is 2.00 bits per heavy atom. The lowest BCUT2D eigenvalue weighted by molar-refractivity contribution is 0.237. The van der Waals surface area contributed by atoms with Gasteiger partial charge in [0, 0.05) is 25.5 Å². The maximum Gasteiger partial charge on any atom is 0.182 e. The normalized spacial score (nSPS) is 16.4. The van der Waals surface area contributed by atoms with Gasteiger partial charge in [0.1, 0.15) is 6.07 Å². The minimum Gasteiger partial charge on any atom is -0.366 e. The summed E-state index contributed by atoms with van der Waals surface area (Å²) in [5.41, 5.74) is 0.367. The average molecular weight is 231 g/mol. The van der Waals surface area contributed by atoms with Crippen LogP contribution in [0.2, 0.25) is 0 Å². The van der Waals surface area contributed by atoms with E-state index in [1.165, 1.54) is 38.5 Å². The molecule has 0 radical (unpaired) electrons. The molecule has 1 N–H and O–H groups in total. The van der Waals surface area contributed by atoms with E-state index in [1.807, 2.05) is 6.07 Å². The Balaban J connectivity index is 1.79. The molecule has 90 valence electrons. The number of hydrogen-bond acceptors (Lipinski definition) is 5. The summed E-state index contributed by atoms with van der Waals surface area (Å²) in [4.78, 5) is 10.5. The molecule has 0 saturated carbocycles. The summed E-state index contributed by atoms with van der Waals surface area (Å²) < 4.78 is 0. The second kappa shape index (κ2) is 6.16. The molecule has 5 nitrogen and oxygen atoms in total. The van der Waals surface area contributed by atoms with Gasteiger partial charge in [0.15, 0.2) is 11.5 Å². The predicted molar refractivity (Wildman–Crippen MR) is 65.5 cm³/mol. The van der Waals surface area contributed by atoms with E-state index in [0.29, 0.717) is 11.5 Å². The van der Waals surface area contributed by atoms with Crippen LogP contribution < -0.4 is 5.32 Å². The minimum absolute atomic E-state index is 0.367. The monoisotopic (exact) mass is 231 g/mol. The highest BCUT2D eigenvalue weighted by Gasteiger charge is 2.09. The summed E-state index contributed by atoms with van der Waals surface area (Å²) in [6, 6.07) is 2.03. The first-order valence-electron chi connectivity index (χ1n) is 6.07. The van der Waals surface area contributed by atoms with E-state index in [-0.39, 0.29) is 0 Å². The van der Waals surface area contributed by atoms with E-state index < -0.39 is 0 Å². The molecule has 5 heteroatoms. The lowest BCUT2D eigenvalue weighted by atomic mass is 10.1. The van der Waals surface area contributed by atoms with Crippen LogP contribution in [0.15, 0.2) is 12.4 Å². The summed E-state index contributed by atoms with van der Waals surface area (Å²) in [5.74, 6) is 0.590. The van der Waals surface area contributed by atoms with E-state index >= 15 is 0 Å². The SMILES string of the molecule is N#Cc1nccnc1NCCN1CCCCC1. The van der Waals surface area contributed by atoms with Crippen LogP contribution in [0, 0.1) is 11.3 Å². The van der Waals surface area contributed by atoms with Gasteiger partial charge in [0.05, 0.1) is 0 Å². The molecule has 2 heterocycles. The van der Waals surface area contributed by atoms with Gasteiger partial charge in [0.25, 0.3) is 0 Å². The molecule has 1 aliphatic heterocycles.